The maximum Gasteiger partial charge on any atom is 0.306 e. The zero-order chi connectivity index (χ0) is 35.2. The van der Waals surface area contributed by atoms with E-state index < -0.39 is 6.10 Å². The molecular weight excluding hydrogens is 600 g/mol. The van der Waals surface area contributed by atoms with Crippen molar-refractivity contribution in [1.29, 1.82) is 0 Å². The lowest BCUT2D eigenvalue weighted by atomic mass is 10.1. The molecule has 1 unspecified atom stereocenters. The molecule has 276 valence electrons. The number of rotatable bonds is 34. The van der Waals surface area contributed by atoms with Crippen LogP contribution in [0, 0.1) is 0 Å². The van der Waals surface area contributed by atoms with Gasteiger partial charge in [-0.05, 0) is 70.6 Å². The number of hydrogen-bond acceptors (Lipinski definition) is 6. The Morgan fingerprint density at radius 2 is 0.833 bits per heavy atom. The number of carbonyl (C=O) groups excluding carboxylic acids is 3. The van der Waals surface area contributed by atoms with Gasteiger partial charge in [0.1, 0.15) is 13.2 Å². The number of carbonyl (C=O) groups is 3. The Hall–Kier alpha value is -2.63. The van der Waals surface area contributed by atoms with Gasteiger partial charge in [-0.2, -0.15) is 0 Å². The summed E-state index contributed by atoms with van der Waals surface area (Å²) >= 11 is 0. The van der Waals surface area contributed by atoms with Gasteiger partial charge in [-0.1, -0.05) is 140 Å². The van der Waals surface area contributed by atoms with Crippen molar-refractivity contribution < 1.29 is 28.6 Å². The number of ether oxygens (including phenoxy) is 3. The van der Waals surface area contributed by atoms with Gasteiger partial charge in [0.25, 0.3) is 0 Å². The van der Waals surface area contributed by atoms with E-state index in [-0.39, 0.29) is 37.5 Å². The molecule has 0 spiro atoms. The van der Waals surface area contributed by atoms with Gasteiger partial charge in [-0.3, -0.25) is 14.4 Å². The van der Waals surface area contributed by atoms with Gasteiger partial charge >= 0.3 is 17.9 Å². The first kappa shape index (κ1) is 45.4. The van der Waals surface area contributed by atoms with Crippen LogP contribution in [0.15, 0.2) is 48.6 Å². The van der Waals surface area contributed by atoms with Gasteiger partial charge < -0.3 is 14.2 Å². The molecule has 0 rings (SSSR count). The third kappa shape index (κ3) is 34.7. The third-order valence-electron chi connectivity index (χ3n) is 8.07. The van der Waals surface area contributed by atoms with E-state index in [1.165, 1.54) is 64.2 Å². The quantitative estimate of drug-likeness (QED) is 0.0293. The Morgan fingerprint density at radius 1 is 0.438 bits per heavy atom. The van der Waals surface area contributed by atoms with Crippen molar-refractivity contribution in [3.8, 4) is 0 Å². The predicted octanol–water partition coefficient (Wildman–Crippen LogP) is 12.0. The molecule has 0 radical (unpaired) electrons. The van der Waals surface area contributed by atoms with Crippen molar-refractivity contribution in [3.63, 3.8) is 0 Å². The highest BCUT2D eigenvalue weighted by atomic mass is 16.6. The van der Waals surface area contributed by atoms with Crippen molar-refractivity contribution in [2.75, 3.05) is 13.2 Å². The maximum absolute atomic E-state index is 12.6. The molecule has 0 N–H and O–H groups in total. The molecule has 0 saturated heterocycles. The van der Waals surface area contributed by atoms with E-state index in [4.69, 9.17) is 14.2 Å². The second-order valence-electron chi connectivity index (χ2n) is 12.8. The molecule has 0 saturated carbocycles. The average Bonchev–Trinajstić information content (AvgIpc) is 3.08. The summed E-state index contributed by atoms with van der Waals surface area (Å²) in [5.41, 5.74) is 0. The fourth-order valence-corrected chi connectivity index (χ4v) is 5.10. The lowest BCUT2D eigenvalue weighted by Gasteiger charge is -2.18. The molecule has 1 atom stereocenters. The van der Waals surface area contributed by atoms with Gasteiger partial charge in [0.15, 0.2) is 6.10 Å². The highest BCUT2D eigenvalue weighted by molar-refractivity contribution is 5.71. The molecule has 0 aliphatic rings. The van der Waals surface area contributed by atoms with Crippen LogP contribution in [0.3, 0.4) is 0 Å². The van der Waals surface area contributed by atoms with Crippen LogP contribution in [-0.4, -0.2) is 37.2 Å². The Balaban J connectivity index is 4.46. The lowest BCUT2D eigenvalue weighted by molar-refractivity contribution is -0.167. The van der Waals surface area contributed by atoms with E-state index in [2.05, 4.69) is 69.4 Å². The normalized spacial score (nSPS) is 12.5. The van der Waals surface area contributed by atoms with Gasteiger partial charge in [0, 0.05) is 19.3 Å². The first-order valence-electron chi connectivity index (χ1n) is 19.6. The fourth-order valence-electron chi connectivity index (χ4n) is 5.10. The van der Waals surface area contributed by atoms with Crippen LogP contribution < -0.4 is 0 Å². The van der Waals surface area contributed by atoms with Crippen LogP contribution in [0.25, 0.3) is 0 Å². The Kier molecular flexibility index (Phi) is 35.2. The summed E-state index contributed by atoms with van der Waals surface area (Å²) in [6.45, 7) is 6.37. The maximum atomic E-state index is 12.6. The number of unbranched alkanes of at least 4 members (excludes halogenated alkanes) is 15. The van der Waals surface area contributed by atoms with Crippen LogP contribution in [0.1, 0.15) is 181 Å². The summed E-state index contributed by atoms with van der Waals surface area (Å²) in [6, 6.07) is 0. The molecule has 6 heteroatoms. The molecular formula is C42H72O6. The molecule has 0 aromatic heterocycles. The molecule has 0 amide bonds. The van der Waals surface area contributed by atoms with E-state index in [1.807, 2.05) is 0 Å². The zero-order valence-electron chi connectivity index (χ0n) is 31.2. The van der Waals surface area contributed by atoms with E-state index in [0.717, 1.165) is 70.6 Å². The molecule has 0 aromatic carbocycles. The molecule has 0 bridgehead atoms. The second kappa shape index (κ2) is 37.2. The first-order valence-corrected chi connectivity index (χ1v) is 19.6. The lowest BCUT2D eigenvalue weighted by Crippen LogP contribution is -2.30. The summed E-state index contributed by atoms with van der Waals surface area (Å²) in [5, 5.41) is 0. The Morgan fingerprint density at radius 3 is 1.40 bits per heavy atom. The minimum Gasteiger partial charge on any atom is -0.462 e. The van der Waals surface area contributed by atoms with Crippen molar-refractivity contribution in [2.24, 2.45) is 0 Å². The number of hydrogen-bond donors (Lipinski definition) is 0. The van der Waals surface area contributed by atoms with Crippen LogP contribution in [-0.2, 0) is 28.6 Å². The van der Waals surface area contributed by atoms with Gasteiger partial charge in [-0.25, -0.2) is 0 Å². The average molecular weight is 673 g/mol. The topological polar surface area (TPSA) is 78.9 Å². The summed E-state index contributed by atoms with van der Waals surface area (Å²) in [4.78, 5) is 37.3. The van der Waals surface area contributed by atoms with Crippen molar-refractivity contribution in [2.45, 2.75) is 187 Å². The van der Waals surface area contributed by atoms with Crippen molar-refractivity contribution >= 4 is 17.9 Å². The number of allylic oxidation sites excluding steroid dienone is 8. The second-order valence-corrected chi connectivity index (χ2v) is 12.8. The van der Waals surface area contributed by atoms with Crippen LogP contribution in [0.4, 0.5) is 0 Å². The van der Waals surface area contributed by atoms with Crippen LogP contribution >= 0.6 is 0 Å². The van der Waals surface area contributed by atoms with E-state index in [1.54, 1.807) is 0 Å². The summed E-state index contributed by atoms with van der Waals surface area (Å²) in [7, 11) is 0. The van der Waals surface area contributed by atoms with Crippen molar-refractivity contribution in [1.82, 2.24) is 0 Å². The summed E-state index contributed by atoms with van der Waals surface area (Å²) in [5.74, 6) is -0.985. The molecule has 0 aliphatic carbocycles. The van der Waals surface area contributed by atoms with Crippen LogP contribution in [0.2, 0.25) is 0 Å². The standard InChI is InChI=1S/C42H72O6/c1-4-7-10-13-16-19-20-21-24-26-29-32-35-41(44)47-38-39(48-42(45)36-33-30-27-23-18-15-12-9-6-3)37-46-40(43)34-31-28-25-22-17-14-11-8-5-2/h7,10,16,19,21,23-24,27,39H,4-6,8-9,11-15,17-18,20,22,25-26,28-38H2,1-3H3/b10-7-,19-16-,24-21-,27-23-. The predicted molar refractivity (Wildman–Crippen MR) is 201 cm³/mol. The molecule has 0 heterocycles. The molecule has 0 aromatic rings. The molecule has 0 aliphatic heterocycles. The first-order chi connectivity index (χ1) is 23.5. The number of esters is 3. The van der Waals surface area contributed by atoms with Gasteiger partial charge in [0.05, 0.1) is 0 Å². The monoisotopic (exact) mass is 673 g/mol. The summed E-state index contributed by atoms with van der Waals surface area (Å²) in [6.07, 6.45) is 41.1. The largest absolute Gasteiger partial charge is 0.462 e. The highest BCUT2D eigenvalue weighted by Gasteiger charge is 2.19. The smallest absolute Gasteiger partial charge is 0.306 e. The van der Waals surface area contributed by atoms with E-state index >= 15 is 0 Å². The molecule has 6 nitrogen and oxygen atoms in total. The van der Waals surface area contributed by atoms with Gasteiger partial charge in [0.2, 0.25) is 0 Å². The Labute approximate surface area is 295 Å². The van der Waals surface area contributed by atoms with E-state index in [9.17, 15) is 14.4 Å². The Bertz CT molecular complexity index is 871. The van der Waals surface area contributed by atoms with E-state index in [0.29, 0.717) is 19.3 Å². The van der Waals surface area contributed by atoms with Crippen molar-refractivity contribution in [3.05, 3.63) is 48.6 Å². The summed E-state index contributed by atoms with van der Waals surface area (Å²) < 4.78 is 16.5. The molecule has 0 fully saturated rings. The fraction of sp³-hybridized carbons (Fsp3) is 0.738. The SMILES string of the molecule is CC/C=C\C/C=C\C/C=C\CCCCC(=O)OCC(COC(=O)CCCCCCCCCCC)OC(=O)CCC/C=C\CCCCCC. The zero-order valence-corrected chi connectivity index (χ0v) is 31.2. The van der Waals surface area contributed by atoms with Crippen LogP contribution in [0.5, 0.6) is 0 Å². The molecule has 48 heavy (non-hydrogen) atoms. The minimum atomic E-state index is -0.795. The van der Waals surface area contributed by atoms with Gasteiger partial charge in [-0.15, -0.1) is 0 Å². The minimum absolute atomic E-state index is 0.0962. The highest BCUT2D eigenvalue weighted by Crippen LogP contribution is 2.12. The third-order valence-corrected chi connectivity index (χ3v) is 8.07.